The molecular formula is C22H30N4O. The zero-order chi connectivity index (χ0) is 19.6. The topological polar surface area (TPSA) is 58.1 Å². The number of benzene rings is 1. The molecule has 27 heavy (non-hydrogen) atoms. The Bertz CT molecular complexity index is 823. The van der Waals surface area contributed by atoms with E-state index in [9.17, 15) is 4.79 Å². The highest BCUT2D eigenvalue weighted by Gasteiger charge is 2.24. The minimum atomic E-state index is -0.179. The highest BCUT2D eigenvalue weighted by molar-refractivity contribution is 6.04. The number of aryl methyl sites for hydroxylation is 4. The van der Waals surface area contributed by atoms with Crippen molar-refractivity contribution in [3.8, 4) is 0 Å². The third-order valence-electron chi connectivity index (χ3n) is 5.35. The third-order valence-corrected chi connectivity index (χ3v) is 5.35. The molecule has 2 aromatic rings. The van der Waals surface area contributed by atoms with Gasteiger partial charge >= 0.3 is 0 Å². The van der Waals surface area contributed by atoms with E-state index in [-0.39, 0.29) is 5.91 Å². The maximum absolute atomic E-state index is 12.9. The molecule has 0 saturated carbocycles. The van der Waals surface area contributed by atoms with Gasteiger partial charge < -0.3 is 10.2 Å². The molecule has 2 heterocycles. The number of nitrogens with one attached hydrogen (secondary N) is 1. The summed E-state index contributed by atoms with van der Waals surface area (Å²) in [5.74, 6) is 0.505. The molecule has 5 heteroatoms. The molecule has 3 rings (SSSR count). The number of carbonyl (C=O) groups excluding carboxylic acids is 1. The summed E-state index contributed by atoms with van der Waals surface area (Å²) in [6, 6.07) is 6.39. The van der Waals surface area contributed by atoms with E-state index in [1.165, 1.54) is 12.0 Å². The second-order valence-corrected chi connectivity index (χ2v) is 7.67. The number of rotatable bonds is 4. The van der Waals surface area contributed by atoms with E-state index in [1.807, 2.05) is 20.8 Å². The van der Waals surface area contributed by atoms with Gasteiger partial charge in [-0.05, 0) is 70.6 Å². The van der Waals surface area contributed by atoms with Crippen molar-refractivity contribution in [3.05, 3.63) is 46.3 Å². The first-order valence-electron chi connectivity index (χ1n) is 9.90. The second-order valence-electron chi connectivity index (χ2n) is 7.67. The lowest BCUT2D eigenvalue weighted by Crippen LogP contribution is -2.40. The van der Waals surface area contributed by atoms with Crippen LogP contribution in [0.5, 0.6) is 0 Å². The molecule has 1 aromatic heterocycles. The van der Waals surface area contributed by atoms with Crippen LogP contribution in [0, 0.1) is 27.7 Å². The number of hydrogen-bond acceptors (Lipinski definition) is 4. The van der Waals surface area contributed by atoms with Crippen LogP contribution in [0.25, 0.3) is 0 Å². The average molecular weight is 367 g/mol. The number of aromatic nitrogens is 2. The Balaban J connectivity index is 1.89. The fourth-order valence-electron chi connectivity index (χ4n) is 4.04. The highest BCUT2D eigenvalue weighted by atomic mass is 16.1. The van der Waals surface area contributed by atoms with Gasteiger partial charge in [0.15, 0.2) is 0 Å². The third kappa shape index (κ3) is 4.29. The molecule has 0 spiro atoms. The van der Waals surface area contributed by atoms with Gasteiger partial charge in [0.1, 0.15) is 5.69 Å². The van der Waals surface area contributed by atoms with Gasteiger partial charge in [-0.15, -0.1) is 0 Å². The number of piperidine rings is 1. The van der Waals surface area contributed by atoms with Crippen molar-refractivity contribution in [3.63, 3.8) is 0 Å². The van der Waals surface area contributed by atoms with Gasteiger partial charge in [0.05, 0.1) is 0 Å². The second kappa shape index (κ2) is 8.07. The highest BCUT2D eigenvalue weighted by Crippen LogP contribution is 2.25. The summed E-state index contributed by atoms with van der Waals surface area (Å²) in [5.41, 5.74) is 5.44. The van der Waals surface area contributed by atoms with Crippen LogP contribution in [-0.2, 0) is 0 Å². The Labute approximate surface area is 162 Å². The molecule has 1 saturated heterocycles. The SMILES string of the molecule is CCC1CCCCN1c1nc(C)cc(C(=O)Nc2c(C)cc(C)cc2C)n1. The lowest BCUT2D eigenvalue weighted by molar-refractivity contribution is 0.102. The monoisotopic (exact) mass is 366 g/mol. The number of amides is 1. The van der Waals surface area contributed by atoms with Crippen molar-refractivity contribution in [1.82, 2.24) is 9.97 Å². The zero-order valence-corrected chi connectivity index (χ0v) is 17.1. The minimum Gasteiger partial charge on any atom is -0.338 e. The molecule has 5 nitrogen and oxygen atoms in total. The van der Waals surface area contributed by atoms with Crippen molar-refractivity contribution in [2.75, 3.05) is 16.8 Å². The van der Waals surface area contributed by atoms with Crippen LogP contribution in [0.3, 0.4) is 0 Å². The van der Waals surface area contributed by atoms with Crippen molar-refractivity contribution in [2.45, 2.75) is 66.3 Å². The Kier molecular flexibility index (Phi) is 5.78. The maximum atomic E-state index is 12.9. The Hall–Kier alpha value is -2.43. The van der Waals surface area contributed by atoms with Crippen LogP contribution in [0.2, 0.25) is 0 Å². The van der Waals surface area contributed by atoms with Crippen LogP contribution in [0.1, 0.15) is 65.5 Å². The van der Waals surface area contributed by atoms with E-state index < -0.39 is 0 Å². The molecule has 1 fully saturated rings. The summed E-state index contributed by atoms with van der Waals surface area (Å²) in [6.45, 7) is 11.2. The Morgan fingerprint density at radius 1 is 1.11 bits per heavy atom. The summed E-state index contributed by atoms with van der Waals surface area (Å²) in [6.07, 6.45) is 4.63. The van der Waals surface area contributed by atoms with Crippen molar-refractivity contribution in [1.29, 1.82) is 0 Å². The predicted octanol–water partition coefficient (Wildman–Crippen LogP) is 4.73. The first-order valence-corrected chi connectivity index (χ1v) is 9.90. The quantitative estimate of drug-likeness (QED) is 0.850. The van der Waals surface area contributed by atoms with Gasteiger partial charge in [0, 0.05) is 24.0 Å². The summed E-state index contributed by atoms with van der Waals surface area (Å²) < 4.78 is 0. The number of anilines is 2. The maximum Gasteiger partial charge on any atom is 0.274 e. The summed E-state index contributed by atoms with van der Waals surface area (Å²) in [4.78, 5) is 24.5. The molecule has 0 radical (unpaired) electrons. The van der Waals surface area contributed by atoms with E-state index in [0.717, 1.165) is 48.3 Å². The van der Waals surface area contributed by atoms with E-state index in [1.54, 1.807) is 6.07 Å². The van der Waals surface area contributed by atoms with Crippen LogP contribution >= 0.6 is 0 Å². The molecule has 1 unspecified atom stereocenters. The van der Waals surface area contributed by atoms with Crippen LogP contribution in [-0.4, -0.2) is 28.5 Å². The molecule has 1 N–H and O–H groups in total. The fraction of sp³-hybridized carbons (Fsp3) is 0.500. The number of hydrogen-bond donors (Lipinski definition) is 1. The normalized spacial score (nSPS) is 17.1. The van der Waals surface area contributed by atoms with E-state index in [0.29, 0.717) is 17.7 Å². The van der Waals surface area contributed by atoms with Gasteiger partial charge in [-0.3, -0.25) is 4.79 Å². The lowest BCUT2D eigenvalue weighted by atomic mass is 10.0. The molecule has 1 aliphatic heterocycles. The number of nitrogens with zero attached hydrogens (tertiary/aromatic N) is 3. The minimum absolute atomic E-state index is 0.179. The van der Waals surface area contributed by atoms with Crippen molar-refractivity contribution >= 4 is 17.5 Å². The Morgan fingerprint density at radius 2 is 1.81 bits per heavy atom. The summed E-state index contributed by atoms with van der Waals surface area (Å²) >= 11 is 0. The molecule has 1 aliphatic rings. The standard InChI is InChI=1S/C22H30N4O/c1-6-18-9-7-8-10-26(18)22-23-17(5)13-19(24-22)21(27)25-20-15(3)11-14(2)12-16(20)4/h11-13,18H,6-10H2,1-5H3,(H,25,27). The molecule has 1 atom stereocenters. The fourth-order valence-corrected chi connectivity index (χ4v) is 4.04. The molecule has 0 aliphatic carbocycles. The van der Waals surface area contributed by atoms with Crippen molar-refractivity contribution < 1.29 is 4.79 Å². The summed E-state index contributed by atoms with van der Waals surface area (Å²) in [5, 5.41) is 3.06. The lowest BCUT2D eigenvalue weighted by Gasteiger charge is -2.35. The van der Waals surface area contributed by atoms with E-state index >= 15 is 0 Å². The van der Waals surface area contributed by atoms with Gasteiger partial charge in [0.25, 0.3) is 5.91 Å². The first kappa shape index (κ1) is 19.3. The molecule has 1 amide bonds. The Morgan fingerprint density at radius 3 is 2.48 bits per heavy atom. The van der Waals surface area contributed by atoms with Crippen molar-refractivity contribution in [2.24, 2.45) is 0 Å². The molecular weight excluding hydrogens is 336 g/mol. The molecule has 1 aromatic carbocycles. The van der Waals surface area contributed by atoms with E-state index in [2.05, 4.69) is 46.2 Å². The smallest absolute Gasteiger partial charge is 0.274 e. The van der Waals surface area contributed by atoms with Gasteiger partial charge in [-0.2, -0.15) is 0 Å². The van der Waals surface area contributed by atoms with Gasteiger partial charge in [0.2, 0.25) is 5.95 Å². The summed E-state index contributed by atoms with van der Waals surface area (Å²) in [7, 11) is 0. The predicted molar refractivity (Wildman–Crippen MR) is 111 cm³/mol. The largest absolute Gasteiger partial charge is 0.338 e. The first-order chi connectivity index (χ1) is 12.9. The van der Waals surface area contributed by atoms with Gasteiger partial charge in [-0.1, -0.05) is 24.6 Å². The van der Waals surface area contributed by atoms with Crippen LogP contribution in [0.4, 0.5) is 11.6 Å². The molecule has 144 valence electrons. The average Bonchev–Trinajstić information content (AvgIpc) is 2.63. The zero-order valence-electron chi connectivity index (χ0n) is 17.1. The van der Waals surface area contributed by atoms with E-state index in [4.69, 9.17) is 0 Å². The molecule has 0 bridgehead atoms. The van der Waals surface area contributed by atoms with Crippen LogP contribution in [0.15, 0.2) is 18.2 Å². The van der Waals surface area contributed by atoms with Gasteiger partial charge in [-0.25, -0.2) is 9.97 Å². The van der Waals surface area contributed by atoms with Crippen LogP contribution < -0.4 is 10.2 Å². The number of carbonyl (C=O) groups is 1.